The molecule has 3 N–H and O–H groups in total. The van der Waals surface area contributed by atoms with E-state index < -0.39 is 0 Å². The van der Waals surface area contributed by atoms with Crippen LogP contribution in [0.1, 0.15) is 11.1 Å². The maximum Gasteiger partial charge on any atom is 0.228 e. The summed E-state index contributed by atoms with van der Waals surface area (Å²) < 4.78 is 0.672. The van der Waals surface area contributed by atoms with Crippen molar-refractivity contribution < 1.29 is 4.79 Å². The first-order valence-corrected chi connectivity index (χ1v) is 6.72. The second-order valence-corrected chi connectivity index (χ2v) is 5.08. The summed E-state index contributed by atoms with van der Waals surface area (Å²) in [5.41, 5.74) is 8.35. The predicted octanol–water partition coefficient (Wildman–Crippen LogP) is 3.08. The number of benzene rings is 2. The molecule has 0 saturated carbocycles. The van der Waals surface area contributed by atoms with E-state index in [4.69, 9.17) is 11.0 Å². The van der Waals surface area contributed by atoms with Crippen molar-refractivity contribution in [3.63, 3.8) is 0 Å². The molecule has 1 amide bonds. The number of nitrogens with zero attached hydrogens (tertiary/aromatic N) is 1. The second-order valence-electron chi connectivity index (χ2n) is 4.23. The molecule has 0 fully saturated rings. The monoisotopic (exact) mass is 329 g/mol. The highest BCUT2D eigenvalue weighted by Crippen LogP contribution is 2.23. The minimum Gasteiger partial charge on any atom is -0.398 e. The molecule has 0 aliphatic carbocycles. The third-order valence-corrected chi connectivity index (χ3v) is 3.43. The van der Waals surface area contributed by atoms with Crippen molar-refractivity contribution in [3.05, 3.63) is 58.1 Å². The van der Waals surface area contributed by atoms with Crippen LogP contribution in [0, 0.1) is 11.3 Å². The van der Waals surface area contributed by atoms with Gasteiger partial charge in [-0.05, 0) is 45.8 Å². The minimum atomic E-state index is -0.159. The molecule has 0 bridgehead atoms. The number of anilines is 2. The molecule has 0 aliphatic rings. The molecule has 2 rings (SSSR count). The molecule has 0 saturated heterocycles. The van der Waals surface area contributed by atoms with Crippen molar-refractivity contribution >= 4 is 33.2 Å². The Morgan fingerprint density at radius 3 is 2.70 bits per heavy atom. The predicted molar refractivity (Wildman–Crippen MR) is 82.0 cm³/mol. The van der Waals surface area contributed by atoms with Crippen LogP contribution in [0.2, 0.25) is 0 Å². The third kappa shape index (κ3) is 3.37. The van der Waals surface area contributed by atoms with E-state index in [9.17, 15) is 4.79 Å². The van der Waals surface area contributed by atoms with E-state index in [-0.39, 0.29) is 12.3 Å². The molecule has 0 atom stereocenters. The number of hydrogen-bond donors (Lipinski definition) is 2. The number of nitrogen functional groups attached to an aromatic ring is 1. The van der Waals surface area contributed by atoms with Crippen LogP contribution in [-0.4, -0.2) is 5.91 Å². The highest BCUT2D eigenvalue weighted by molar-refractivity contribution is 9.10. The first-order valence-electron chi connectivity index (χ1n) is 5.93. The number of amides is 1. The lowest BCUT2D eigenvalue weighted by Gasteiger charge is -2.09. The number of nitrogens with one attached hydrogen (secondary N) is 1. The molecule has 20 heavy (non-hydrogen) atoms. The molecule has 100 valence electrons. The maximum atomic E-state index is 12.0. The van der Waals surface area contributed by atoms with Crippen LogP contribution >= 0.6 is 15.9 Å². The van der Waals surface area contributed by atoms with Crippen LogP contribution in [0.25, 0.3) is 0 Å². The van der Waals surface area contributed by atoms with Gasteiger partial charge < -0.3 is 11.1 Å². The van der Waals surface area contributed by atoms with E-state index in [2.05, 4.69) is 21.2 Å². The van der Waals surface area contributed by atoms with Gasteiger partial charge in [-0.15, -0.1) is 0 Å². The topological polar surface area (TPSA) is 78.9 Å². The van der Waals surface area contributed by atoms with Crippen LogP contribution in [0.5, 0.6) is 0 Å². The summed E-state index contributed by atoms with van der Waals surface area (Å²) in [4.78, 5) is 12.0. The molecule has 2 aromatic rings. The molecule has 0 spiro atoms. The number of carbonyl (C=O) groups is 1. The minimum absolute atomic E-state index is 0.159. The molecule has 5 heteroatoms. The second kappa shape index (κ2) is 6.22. The van der Waals surface area contributed by atoms with Crippen molar-refractivity contribution in [1.82, 2.24) is 0 Å². The van der Waals surface area contributed by atoms with Crippen molar-refractivity contribution in [2.24, 2.45) is 0 Å². The van der Waals surface area contributed by atoms with Gasteiger partial charge in [-0.25, -0.2) is 0 Å². The van der Waals surface area contributed by atoms with E-state index in [1.807, 2.05) is 24.3 Å². The number of nitriles is 1. The SMILES string of the molecule is N#Cc1ccc(NC(=O)Cc2ccccc2N)c(Br)c1. The van der Waals surface area contributed by atoms with Crippen LogP contribution in [0.15, 0.2) is 46.9 Å². The van der Waals surface area contributed by atoms with E-state index >= 15 is 0 Å². The summed E-state index contributed by atoms with van der Waals surface area (Å²) in [6.07, 6.45) is 0.207. The molecule has 0 radical (unpaired) electrons. The lowest BCUT2D eigenvalue weighted by molar-refractivity contribution is -0.115. The van der Waals surface area contributed by atoms with Crippen molar-refractivity contribution in [3.8, 4) is 6.07 Å². The molecule has 0 heterocycles. The molecular formula is C15H12BrN3O. The standard InChI is InChI=1S/C15H12BrN3O/c16-12-7-10(9-17)5-6-14(12)19-15(20)8-11-3-1-2-4-13(11)18/h1-7H,8,18H2,(H,19,20). The van der Waals surface area contributed by atoms with Crippen LogP contribution in [0.4, 0.5) is 11.4 Å². The fraction of sp³-hybridized carbons (Fsp3) is 0.0667. The smallest absolute Gasteiger partial charge is 0.228 e. The Bertz CT molecular complexity index is 692. The Balaban J connectivity index is 2.09. The Hall–Kier alpha value is -2.32. The van der Waals surface area contributed by atoms with E-state index in [1.165, 1.54) is 0 Å². The number of para-hydroxylation sites is 1. The Kier molecular flexibility index (Phi) is 4.38. The normalized spacial score (nSPS) is 9.80. The van der Waals surface area contributed by atoms with Gasteiger partial charge in [0.25, 0.3) is 0 Å². The van der Waals surface area contributed by atoms with Gasteiger partial charge in [0, 0.05) is 10.2 Å². The molecule has 0 unspecified atom stereocenters. The van der Waals surface area contributed by atoms with Crippen LogP contribution in [0.3, 0.4) is 0 Å². The fourth-order valence-corrected chi connectivity index (χ4v) is 2.23. The maximum absolute atomic E-state index is 12.0. The zero-order valence-corrected chi connectivity index (χ0v) is 12.1. The van der Waals surface area contributed by atoms with Crippen molar-refractivity contribution in [2.75, 3.05) is 11.1 Å². The Morgan fingerprint density at radius 2 is 2.05 bits per heavy atom. The fourth-order valence-electron chi connectivity index (χ4n) is 1.75. The lowest BCUT2D eigenvalue weighted by atomic mass is 10.1. The number of nitrogens with two attached hydrogens (primary N) is 1. The molecule has 4 nitrogen and oxygen atoms in total. The number of rotatable bonds is 3. The number of hydrogen-bond acceptors (Lipinski definition) is 3. The van der Waals surface area contributed by atoms with E-state index in [1.54, 1.807) is 24.3 Å². The summed E-state index contributed by atoms with van der Waals surface area (Å²) in [5, 5.41) is 11.6. The first kappa shape index (κ1) is 14.1. The average molecular weight is 330 g/mol. The van der Waals surface area contributed by atoms with Crippen molar-refractivity contribution in [1.29, 1.82) is 5.26 Å². The van der Waals surface area contributed by atoms with Crippen LogP contribution in [-0.2, 0) is 11.2 Å². The van der Waals surface area contributed by atoms with Crippen molar-refractivity contribution in [2.45, 2.75) is 6.42 Å². The summed E-state index contributed by atoms with van der Waals surface area (Å²) in [6.45, 7) is 0. The highest BCUT2D eigenvalue weighted by atomic mass is 79.9. The van der Waals surface area contributed by atoms with Gasteiger partial charge in [0.2, 0.25) is 5.91 Å². The lowest BCUT2D eigenvalue weighted by Crippen LogP contribution is -2.15. The first-order chi connectivity index (χ1) is 9.60. The van der Waals surface area contributed by atoms with Gasteiger partial charge in [-0.3, -0.25) is 4.79 Å². The zero-order valence-electron chi connectivity index (χ0n) is 10.6. The molecule has 2 aromatic carbocycles. The van der Waals surface area contributed by atoms with Crippen LogP contribution < -0.4 is 11.1 Å². The number of carbonyl (C=O) groups excluding carboxylic acids is 1. The van der Waals surface area contributed by atoms with E-state index in [0.717, 1.165) is 5.56 Å². The van der Waals surface area contributed by atoms with Gasteiger partial charge in [0.1, 0.15) is 0 Å². The Morgan fingerprint density at radius 1 is 1.30 bits per heavy atom. The van der Waals surface area contributed by atoms with Gasteiger partial charge in [-0.1, -0.05) is 18.2 Å². The zero-order chi connectivity index (χ0) is 14.5. The number of halogens is 1. The van der Waals surface area contributed by atoms with Gasteiger partial charge in [0.15, 0.2) is 0 Å². The molecule has 0 aliphatic heterocycles. The summed E-state index contributed by atoms with van der Waals surface area (Å²) in [7, 11) is 0. The van der Waals surface area contributed by atoms with Gasteiger partial charge in [0.05, 0.1) is 23.7 Å². The largest absolute Gasteiger partial charge is 0.398 e. The van der Waals surface area contributed by atoms with E-state index in [0.29, 0.717) is 21.4 Å². The summed E-state index contributed by atoms with van der Waals surface area (Å²) in [5.74, 6) is -0.159. The summed E-state index contributed by atoms with van der Waals surface area (Å²) >= 11 is 3.33. The molecule has 0 aromatic heterocycles. The molecular weight excluding hydrogens is 318 g/mol. The van der Waals surface area contributed by atoms with Gasteiger partial charge >= 0.3 is 0 Å². The quantitative estimate of drug-likeness (QED) is 0.849. The van der Waals surface area contributed by atoms with Gasteiger partial charge in [-0.2, -0.15) is 5.26 Å². The highest BCUT2D eigenvalue weighted by Gasteiger charge is 2.09. The Labute approximate surface area is 125 Å². The average Bonchev–Trinajstić information content (AvgIpc) is 2.43. The third-order valence-electron chi connectivity index (χ3n) is 2.78. The summed E-state index contributed by atoms with van der Waals surface area (Å²) in [6, 6.07) is 14.3.